The number of benzene rings is 3. The number of nitrogens with one attached hydrogen (secondary N) is 1. The summed E-state index contributed by atoms with van der Waals surface area (Å²) >= 11 is 0. The van der Waals surface area contributed by atoms with Crippen LogP contribution in [0.2, 0.25) is 0 Å². The Kier molecular flexibility index (Phi) is 4.65. The highest BCUT2D eigenvalue weighted by Gasteiger charge is 2.41. The maximum absolute atomic E-state index is 13.1. The number of fused-ring (bicyclic) bond motifs is 1. The van der Waals surface area contributed by atoms with Gasteiger partial charge in [0.1, 0.15) is 5.92 Å². The molecular formula is C23H20N2O3. The lowest BCUT2D eigenvalue weighted by atomic mass is 9.92. The number of rotatable bonds is 4. The number of urea groups is 1. The molecule has 1 aliphatic heterocycles. The van der Waals surface area contributed by atoms with Gasteiger partial charge in [-0.05, 0) is 46.9 Å². The van der Waals surface area contributed by atoms with E-state index in [0.29, 0.717) is 5.69 Å². The Balaban J connectivity index is 1.67. The highest BCUT2D eigenvalue weighted by atomic mass is 16.2. The Bertz CT molecular complexity index is 1070. The van der Waals surface area contributed by atoms with E-state index < -0.39 is 23.8 Å². The average molecular weight is 372 g/mol. The minimum absolute atomic E-state index is 0.239. The Hall–Kier alpha value is -3.47. The van der Waals surface area contributed by atoms with Crippen LogP contribution in [0.1, 0.15) is 18.1 Å². The molecule has 0 saturated carbocycles. The summed E-state index contributed by atoms with van der Waals surface area (Å²) < 4.78 is 0. The molecule has 5 nitrogen and oxygen atoms in total. The molecule has 1 saturated heterocycles. The van der Waals surface area contributed by atoms with Gasteiger partial charge in [-0.3, -0.25) is 14.9 Å². The fraction of sp³-hybridized carbons (Fsp3) is 0.174. The van der Waals surface area contributed by atoms with Gasteiger partial charge < -0.3 is 0 Å². The molecule has 0 bridgehead atoms. The topological polar surface area (TPSA) is 66.5 Å². The number of anilines is 1. The molecule has 3 aromatic carbocycles. The predicted octanol–water partition coefficient (Wildman–Crippen LogP) is 3.84. The van der Waals surface area contributed by atoms with Gasteiger partial charge >= 0.3 is 6.03 Å². The smallest absolute Gasteiger partial charge is 0.277 e. The summed E-state index contributed by atoms with van der Waals surface area (Å²) in [5.41, 5.74) is 2.48. The zero-order chi connectivity index (χ0) is 19.7. The Morgan fingerprint density at radius 2 is 1.61 bits per heavy atom. The summed E-state index contributed by atoms with van der Waals surface area (Å²) in [6, 6.07) is 20.2. The molecule has 1 atom stereocenters. The van der Waals surface area contributed by atoms with Crippen LogP contribution in [0.4, 0.5) is 10.5 Å². The predicted molar refractivity (Wildman–Crippen MR) is 108 cm³/mol. The summed E-state index contributed by atoms with van der Waals surface area (Å²) in [6.45, 7) is 2.03. The number of imide groups is 2. The second kappa shape index (κ2) is 7.27. The third kappa shape index (κ3) is 3.16. The molecule has 0 unspecified atom stereocenters. The van der Waals surface area contributed by atoms with Gasteiger partial charge in [0.2, 0.25) is 11.8 Å². The molecule has 28 heavy (non-hydrogen) atoms. The van der Waals surface area contributed by atoms with Crippen molar-refractivity contribution in [3.63, 3.8) is 0 Å². The Labute approximate surface area is 163 Å². The lowest BCUT2D eigenvalue weighted by Gasteiger charge is -2.30. The molecule has 1 N–H and O–H groups in total. The van der Waals surface area contributed by atoms with Gasteiger partial charge in [0.15, 0.2) is 0 Å². The van der Waals surface area contributed by atoms with E-state index in [-0.39, 0.29) is 6.42 Å². The van der Waals surface area contributed by atoms with E-state index in [9.17, 15) is 14.4 Å². The van der Waals surface area contributed by atoms with Gasteiger partial charge in [-0.2, -0.15) is 0 Å². The van der Waals surface area contributed by atoms with E-state index in [1.165, 1.54) is 0 Å². The van der Waals surface area contributed by atoms with Crippen LogP contribution in [0.25, 0.3) is 10.8 Å². The number of hydrogen-bond donors (Lipinski definition) is 1. The van der Waals surface area contributed by atoms with Crippen LogP contribution in [-0.4, -0.2) is 17.8 Å². The molecular weight excluding hydrogens is 352 g/mol. The molecule has 0 spiro atoms. The van der Waals surface area contributed by atoms with Crippen LogP contribution < -0.4 is 10.2 Å². The maximum atomic E-state index is 13.1. The van der Waals surface area contributed by atoms with Crippen molar-refractivity contribution in [2.24, 2.45) is 5.92 Å². The third-order valence-corrected chi connectivity index (χ3v) is 5.17. The average Bonchev–Trinajstić information content (AvgIpc) is 2.71. The van der Waals surface area contributed by atoms with Gasteiger partial charge in [-0.15, -0.1) is 0 Å². The van der Waals surface area contributed by atoms with Crippen LogP contribution in [0, 0.1) is 5.92 Å². The minimum Gasteiger partial charge on any atom is -0.277 e. The third-order valence-electron chi connectivity index (χ3n) is 5.17. The minimum atomic E-state index is -0.950. The monoisotopic (exact) mass is 372 g/mol. The van der Waals surface area contributed by atoms with Gasteiger partial charge in [-0.25, -0.2) is 9.69 Å². The second-order valence-corrected chi connectivity index (χ2v) is 6.88. The number of barbiturate groups is 1. The number of aryl methyl sites for hydroxylation is 1. The maximum Gasteiger partial charge on any atom is 0.335 e. The van der Waals surface area contributed by atoms with Crippen molar-refractivity contribution >= 4 is 34.3 Å². The quantitative estimate of drug-likeness (QED) is 0.708. The van der Waals surface area contributed by atoms with Crippen LogP contribution in [0.3, 0.4) is 0 Å². The van der Waals surface area contributed by atoms with Crippen molar-refractivity contribution in [3.8, 4) is 0 Å². The van der Waals surface area contributed by atoms with E-state index in [0.717, 1.165) is 33.2 Å². The van der Waals surface area contributed by atoms with E-state index in [1.807, 2.05) is 61.5 Å². The van der Waals surface area contributed by atoms with Crippen molar-refractivity contribution in [3.05, 3.63) is 77.9 Å². The van der Waals surface area contributed by atoms with Crippen molar-refractivity contribution in [1.29, 1.82) is 0 Å². The van der Waals surface area contributed by atoms with Crippen molar-refractivity contribution in [2.75, 3.05) is 4.90 Å². The van der Waals surface area contributed by atoms with Gasteiger partial charge in [-0.1, -0.05) is 61.5 Å². The molecule has 1 fully saturated rings. The molecule has 0 radical (unpaired) electrons. The highest BCUT2D eigenvalue weighted by Crippen LogP contribution is 2.26. The van der Waals surface area contributed by atoms with Crippen molar-refractivity contribution in [2.45, 2.75) is 19.8 Å². The van der Waals surface area contributed by atoms with Gasteiger partial charge in [0, 0.05) is 0 Å². The number of nitrogens with zero attached hydrogens (tertiary/aromatic N) is 1. The van der Waals surface area contributed by atoms with Crippen LogP contribution in [0.15, 0.2) is 66.7 Å². The summed E-state index contributed by atoms with van der Waals surface area (Å²) in [4.78, 5) is 39.0. The zero-order valence-corrected chi connectivity index (χ0v) is 15.5. The molecule has 5 heteroatoms. The normalized spacial score (nSPS) is 17.1. The number of amides is 4. The lowest BCUT2D eigenvalue weighted by molar-refractivity contribution is -0.134. The van der Waals surface area contributed by atoms with Crippen molar-refractivity contribution in [1.82, 2.24) is 5.32 Å². The van der Waals surface area contributed by atoms with Crippen LogP contribution >= 0.6 is 0 Å². The van der Waals surface area contributed by atoms with Crippen LogP contribution in [-0.2, 0) is 22.4 Å². The summed E-state index contributed by atoms with van der Waals surface area (Å²) in [5.74, 6) is -2.00. The standard InChI is InChI=1S/C23H20N2O3/c1-2-15-10-12-18(13-11-15)25-22(27)20(21(26)24-23(25)28)14-17-8-5-7-16-6-3-4-9-19(16)17/h3-13,20H,2,14H2,1H3,(H,24,26,28)/t20-/m1/s1. The first-order valence-corrected chi connectivity index (χ1v) is 9.33. The molecule has 3 aromatic rings. The fourth-order valence-corrected chi connectivity index (χ4v) is 3.61. The van der Waals surface area contributed by atoms with Crippen LogP contribution in [0.5, 0.6) is 0 Å². The molecule has 4 amide bonds. The van der Waals surface area contributed by atoms with E-state index in [4.69, 9.17) is 0 Å². The second-order valence-electron chi connectivity index (χ2n) is 6.88. The molecule has 140 valence electrons. The molecule has 1 aliphatic rings. The van der Waals surface area contributed by atoms with Crippen molar-refractivity contribution < 1.29 is 14.4 Å². The molecule has 0 aliphatic carbocycles. The molecule has 0 aromatic heterocycles. The van der Waals surface area contributed by atoms with Gasteiger partial charge in [0.05, 0.1) is 5.69 Å². The highest BCUT2D eigenvalue weighted by molar-refractivity contribution is 6.27. The first kappa shape index (κ1) is 17.9. The number of carbonyl (C=O) groups excluding carboxylic acids is 3. The first-order chi connectivity index (χ1) is 13.6. The van der Waals surface area contributed by atoms with Gasteiger partial charge in [0.25, 0.3) is 0 Å². The van der Waals surface area contributed by atoms with E-state index in [2.05, 4.69) is 5.32 Å². The SMILES string of the molecule is CCc1ccc(N2C(=O)NC(=O)[C@@H](Cc3cccc4ccccc34)C2=O)cc1. The Morgan fingerprint density at radius 1 is 0.893 bits per heavy atom. The largest absolute Gasteiger partial charge is 0.335 e. The lowest BCUT2D eigenvalue weighted by Crippen LogP contribution is -2.58. The number of hydrogen-bond acceptors (Lipinski definition) is 3. The number of carbonyl (C=O) groups is 3. The Morgan fingerprint density at radius 3 is 2.36 bits per heavy atom. The molecule has 1 heterocycles. The summed E-state index contributed by atoms with van der Waals surface area (Å²) in [6.07, 6.45) is 1.10. The zero-order valence-electron chi connectivity index (χ0n) is 15.5. The van der Waals surface area contributed by atoms with E-state index in [1.54, 1.807) is 12.1 Å². The fourth-order valence-electron chi connectivity index (χ4n) is 3.61. The first-order valence-electron chi connectivity index (χ1n) is 9.33. The van der Waals surface area contributed by atoms with E-state index >= 15 is 0 Å². The summed E-state index contributed by atoms with van der Waals surface area (Å²) in [7, 11) is 0. The summed E-state index contributed by atoms with van der Waals surface area (Å²) in [5, 5.41) is 4.38. The molecule has 4 rings (SSSR count).